The fourth-order valence-electron chi connectivity index (χ4n) is 2.56. The van der Waals surface area contributed by atoms with Crippen molar-refractivity contribution in [1.29, 1.82) is 0 Å². The van der Waals surface area contributed by atoms with Gasteiger partial charge in [-0.1, -0.05) is 22.4 Å². The molecular weight excluding hydrogens is 343 g/mol. The monoisotopic (exact) mass is 358 g/mol. The van der Waals surface area contributed by atoms with Gasteiger partial charge in [0, 0.05) is 10.5 Å². The van der Waals surface area contributed by atoms with Gasteiger partial charge in [0.15, 0.2) is 0 Å². The van der Waals surface area contributed by atoms with Gasteiger partial charge in [-0.05, 0) is 38.0 Å². The Morgan fingerprint density at radius 2 is 2.19 bits per heavy atom. The van der Waals surface area contributed by atoms with Crippen LogP contribution >= 0.6 is 15.9 Å². The summed E-state index contributed by atoms with van der Waals surface area (Å²) < 4.78 is 14.2. The van der Waals surface area contributed by atoms with E-state index in [-0.39, 0.29) is 5.69 Å². The Labute approximate surface area is 130 Å². The Bertz CT molecular complexity index is 581. The van der Waals surface area contributed by atoms with Crippen LogP contribution in [0.2, 0.25) is 0 Å². The molecule has 2 atom stereocenters. The van der Waals surface area contributed by atoms with Gasteiger partial charge in [0.25, 0.3) is 0 Å². The average Bonchev–Trinajstić information content (AvgIpc) is 2.76. The fraction of sp³-hybridized carbons (Fsp3) is 0.429. The molecule has 0 spiro atoms. The molecule has 114 valence electrons. The standard InChI is InChI=1S/C14H16BrFN2O3/c1-14(12(19)20)6-2-3-11(14)18-13(21)17-10-5-4-8(15)7-9(10)16/h4-5,7,11H,2-3,6H2,1H3,(H,19,20)(H2,17,18,21). The highest BCUT2D eigenvalue weighted by Crippen LogP contribution is 2.38. The van der Waals surface area contributed by atoms with Crippen molar-refractivity contribution in [2.24, 2.45) is 5.41 Å². The number of halogens is 2. The van der Waals surface area contributed by atoms with E-state index in [0.717, 1.165) is 6.42 Å². The fourth-order valence-corrected chi connectivity index (χ4v) is 2.89. The molecule has 0 heterocycles. The van der Waals surface area contributed by atoms with Crippen LogP contribution in [0, 0.1) is 11.2 Å². The normalized spacial score (nSPS) is 24.6. The third-order valence-corrected chi connectivity index (χ3v) is 4.42. The molecule has 2 rings (SSSR count). The van der Waals surface area contributed by atoms with E-state index in [1.54, 1.807) is 13.0 Å². The molecule has 1 aromatic rings. The van der Waals surface area contributed by atoms with Gasteiger partial charge in [0.1, 0.15) is 5.82 Å². The minimum atomic E-state index is -0.977. The molecule has 2 amide bonds. The van der Waals surface area contributed by atoms with Gasteiger partial charge in [-0.2, -0.15) is 0 Å². The van der Waals surface area contributed by atoms with Crippen molar-refractivity contribution in [1.82, 2.24) is 5.32 Å². The predicted octanol–water partition coefficient (Wildman–Crippen LogP) is 3.35. The number of urea groups is 1. The maximum absolute atomic E-state index is 13.6. The first-order valence-electron chi connectivity index (χ1n) is 6.59. The Balaban J connectivity index is 2.03. The Morgan fingerprint density at radius 3 is 2.81 bits per heavy atom. The summed E-state index contributed by atoms with van der Waals surface area (Å²) in [5, 5.41) is 14.3. The molecule has 3 N–H and O–H groups in total. The van der Waals surface area contributed by atoms with Crippen LogP contribution in [0.25, 0.3) is 0 Å². The highest BCUT2D eigenvalue weighted by Gasteiger charge is 2.45. The van der Waals surface area contributed by atoms with E-state index in [1.807, 2.05) is 0 Å². The van der Waals surface area contributed by atoms with Crippen LogP contribution in [0.3, 0.4) is 0 Å². The molecule has 0 radical (unpaired) electrons. The number of amides is 2. The Morgan fingerprint density at radius 1 is 1.48 bits per heavy atom. The van der Waals surface area contributed by atoms with E-state index in [0.29, 0.717) is 17.3 Å². The van der Waals surface area contributed by atoms with E-state index in [2.05, 4.69) is 26.6 Å². The molecule has 5 nitrogen and oxygen atoms in total. The first kappa shape index (κ1) is 15.8. The van der Waals surface area contributed by atoms with Gasteiger partial charge in [-0.25, -0.2) is 9.18 Å². The molecule has 1 fully saturated rings. The highest BCUT2D eigenvalue weighted by molar-refractivity contribution is 9.10. The molecule has 1 saturated carbocycles. The zero-order valence-corrected chi connectivity index (χ0v) is 13.0. The van der Waals surface area contributed by atoms with Crippen molar-refractivity contribution in [3.8, 4) is 0 Å². The lowest BCUT2D eigenvalue weighted by Crippen LogP contribution is -2.48. The summed E-state index contributed by atoms with van der Waals surface area (Å²) in [5.74, 6) is -1.49. The summed E-state index contributed by atoms with van der Waals surface area (Å²) in [7, 11) is 0. The third-order valence-electron chi connectivity index (χ3n) is 3.93. The van der Waals surface area contributed by atoms with Crippen molar-refractivity contribution in [2.45, 2.75) is 32.2 Å². The van der Waals surface area contributed by atoms with Gasteiger partial charge < -0.3 is 15.7 Å². The Hall–Kier alpha value is -1.63. The van der Waals surface area contributed by atoms with Crippen LogP contribution in [0.5, 0.6) is 0 Å². The van der Waals surface area contributed by atoms with Gasteiger partial charge in [0.2, 0.25) is 0 Å². The molecule has 0 aliphatic heterocycles. The molecule has 0 bridgehead atoms. The second kappa shape index (κ2) is 6.01. The highest BCUT2D eigenvalue weighted by atomic mass is 79.9. The molecule has 7 heteroatoms. The quantitative estimate of drug-likeness (QED) is 0.775. The predicted molar refractivity (Wildman–Crippen MR) is 79.6 cm³/mol. The molecule has 2 unspecified atom stereocenters. The van der Waals surface area contributed by atoms with E-state index in [1.165, 1.54) is 12.1 Å². The average molecular weight is 359 g/mol. The number of anilines is 1. The molecule has 1 aliphatic carbocycles. The van der Waals surface area contributed by atoms with Crippen molar-refractivity contribution >= 4 is 33.6 Å². The van der Waals surface area contributed by atoms with E-state index < -0.39 is 29.3 Å². The third kappa shape index (κ3) is 3.34. The second-order valence-corrected chi connectivity index (χ2v) is 6.31. The van der Waals surface area contributed by atoms with Crippen LogP contribution in [0.15, 0.2) is 22.7 Å². The number of carbonyl (C=O) groups is 2. The zero-order chi connectivity index (χ0) is 15.6. The number of carboxylic acids is 1. The largest absolute Gasteiger partial charge is 0.481 e. The summed E-state index contributed by atoms with van der Waals surface area (Å²) in [6, 6.07) is 3.22. The van der Waals surface area contributed by atoms with Gasteiger partial charge >= 0.3 is 12.0 Å². The summed E-state index contributed by atoms with van der Waals surface area (Å²) in [5.41, 5.74) is -0.930. The molecule has 1 aromatic carbocycles. The first-order chi connectivity index (χ1) is 9.83. The van der Waals surface area contributed by atoms with Gasteiger partial charge in [-0.3, -0.25) is 4.79 Å². The molecule has 21 heavy (non-hydrogen) atoms. The minimum Gasteiger partial charge on any atom is -0.481 e. The van der Waals surface area contributed by atoms with Crippen LogP contribution in [-0.4, -0.2) is 23.1 Å². The zero-order valence-electron chi connectivity index (χ0n) is 11.5. The Kier molecular flexibility index (Phi) is 4.51. The van der Waals surface area contributed by atoms with Gasteiger partial charge in [-0.15, -0.1) is 0 Å². The molecule has 0 saturated heterocycles. The first-order valence-corrected chi connectivity index (χ1v) is 7.38. The lowest BCUT2D eigenvalue weighted by atomic mass is 9.85. The number of hydrogen-bond donors (Lipinski definition) is 3. The van der Waals surface area contributed by atoms with Crippen molar-refractivity contribution in [3.05, 3.63) is 28.5 Å². The van der Waals surface area contributed by atoms with Gasteiger partial charge in [0.05, 0.1) is 11.1 Å². The molecule has 0 aromatic heterocycles. The number of carboxylic acid groups (broad SMARTS) is 1. The summed E-state index contributed by atoms with van der Waals surface area (Å²) in [4.78, 5) is 23.3. The SMILES string of the molecule is CC1(C(=O)O)CCCC1NC(=O)Nc1ccc(Br)cc1F. The van der Waals surface area contributed by atoms with Crippen LogP contribution < -0.4 is 10.6 Å². The van der Waals surface area contributed by atoms with E-state index >= 15 is 0 Å². The number of carbonyl (C=O) groups excluding carboxylic acids is 1. The number of hydrogen-bond acceptors (Lipinski definition) is 2. The van der Waals surface area contributed by atoms with Crippen LogP contribution in [-0.2, 0) is 4.79 Å². The lowest BCUT2D eigenvalue weighted by molar-refractivity contribution is -0.148. The van der Waals surface area contributed by atoms with Crippen molar-refractivity contribution in [3.63, 3.8) is 0 Å². The maximum Gasteiger partial charge on any atom is 0.319 e. The molecular formula is C14H16BrFN2O3. The number of rotatable bonds is 3. The van der Waals surface area contributed by atoms with E-state index in [9.17, 15) is 19.1 Å². The van der Waals surface area contributed by atoms with Crippen LogP contribution in [0.4, 0.5) is 14.9 Å². The lowest BCUT2D eigenvalue weighted by Gasteiger charge is -2.27. The van der Waals surface area contributed by atoms with Crippen molar-refractivity contribution < 1.29 is 19.1 Å². The number of aliphatic carboxylic acids is 1. The molecule has 1 aliphatic rings. The minimum absolute atomic E-state index is 0.0470. The summed E-state index contributed by atoms with van der Waals surface area (Å²) in [6.07, 6.45) is 1.85. The maximum atomic E-state index is 13.6. The summed E-state index contributed by atoms with van der Waals surface area (Å²) in [6.45, 7) is 1.62. The van der Waals surface area contributed by atoms with Crippen LogP contribution in [0.1, 0.15) is 26.2 Å². The van der Waals surface area contributed by atoms with E-state index in [4.69, 9.17) is 0 Å². The number of benzene rings is 1. The van der Waals surface area contributed by atoms with Crippen molar-refractivity contribution in [2.75, 3.05) is 5.32 Å². The summed E-state index contributed by atoms with van der Waals surface area (Å²) >= 11 is 3.13. The second-order valence-electron chi connectivity index (χ2n) is 5.39. The smallest absolute Gasteiger partial charge is 0.319 e. The topological polar surface area (TPSA) is 78.4 Å². The number of nitrogens with one attached hydrogen (secondary N) is 2.